The summed E-state index contributed by atoms with van der Waals surface area (Å²) in [5.74, 6) is 0. The largest absolute Gasteiger partial charge is 0.378 e. The van der Waals surface area contributed by atoms with Crippen LogP contribution >= 0.6 is 0 Å². The predicted octanol–water partition coefficient (Wildman–Crippen LogP) is 3.06. The molecule has 0 saturated heterocycles. The fraction of sp³-hybridized carbons (Fsp3) is 0.588. The van der Waals surface area contributed by atoms with E-state index in [0.29, 0.717) is 0 Å². The Morgan fingerprint density at radius 1 is 1.40 bits per heavy atom. The average molecular weight is 272 g/mol. The van der Waals surface area contributed by atoms with Gasteiger partial charge in [0.2, 0.25) is 0 Å². The minimum Gasteiger partial charge on any atom is -0.378 e. The SMILES string of the molecule is CCNC1(C#N)CCC(OCCCc2ccccc2)C1. The van der Waals surface area contributed by atoms with Gasteiger partial charge in [0.15, 0.2) is 0 Å². The molecule has 2 atom stereocenters. The van der Waals surface area contributed by atoms with Gasteiger partial charge in [-0.3, -0.25) is 5.32 Å². The van der Waals surface area contributed by atoms with Crippen LogP contribution in [0.5, 0.6) is 0 Å². The van der Waals surface area contributed by atoms with E-state index in [1.165, 1.54) is 5.56 Å². The van der Waals surface area contributed by atoms with Crippen LogP contribution in [-0.4, -0.2) is 24.8 Å². The second-order valence-electron chi connectivity index (χ2n) is 5.55. The summed E-state index contributed by atoms with van der Waals surface area (Å²) in [6, 6.07) is 12.9. The first-order chi connectivity index (χ1) is 9.78. The van der Waals surface area contributed by atoms with Gasteiger partial charge in [0.05, 0.1) is 12.2 Å². The summed E-state index contributed by atoms with van der Waals surface area (Å²) in [5, 5.41) is 12.6. The first-order valence-electron chi connectivity index (χ1n) is 7.60. The molecule has 2 unspecified atom stereocenters. The fourth-order valence-electron chi connectivity index (χ4n) is 2.95. The average Bonchev–Trinajstić information content (AvgIpc) is 2.89. The molecule has 1 saturated carbocycles. The molecule has 2 rings (SSSR count). The Labute approximate surface area is 121 Å². The van der Waals surface area contributed by atoms with Gasteiger partial charge in [-0.25, -0.2) is 0 Å². The van der Waals surface area contributed by atoms with Gasteiger partial charge in [-0.05, 0) is 37.8 Å². The van der Waals surface area contributed by atoms with E-state index in [0.717, 1.165) is 45.3 Å². The zero-order valence-electron chi connectivity index (χ0n) is 12.3. The molecule has 3 heteroatoms. The van der Waals surface area contributed by atoms with Crippen LogP contribution in [0.1, 0.15) is 38.2 Å². The van der Waals surface area contributed by atoms with Crippen molar-refractivity contribution in [3.63, 3.8) is 0 Å². The Kier molecular flexibility index (Phi) is 5.58. The van der Waals surface area contributed by atoms with E-state index in [1.54, 1.807) is 0 Å². The Hall–Kier alpha value is -1.37. The third-order valence-electron chi connectivity index (χ3n) is 4.00. The number of hydrogen-bond acceptors (Lipinski definition) is 3. The monoisotopic (exact) mass is 272 g/mol. The molecule has 20 heavy (non-hydrogen) atoms. The second kappa shape index (κ2) is 7.42. The molecule has 1 aliphatic carbocycles. The first-order valence-corrected chi connectivity index (χ1v) is 7.60. The Morgan fingerprint density at radius 3 is 2.90 bits per heavy atom. The molecule has 0 radical (unpaired) electrons. The highest BCUT2D eigenvalue weighted by atomic mass is 16.5. The van der Waals surface area contributed by atoms with Gasteiger partial charge in [-0.15, -0.1) is 0 Å². The van der Waals surface area contributed by atoms with Gasteiger partial charge in [0.1, 0.15) is 5.54 Å². The van der Waals surface area contributed by atoms with Crippen molar-refractivity contribution in [2.24, 2.45) is 0 Å². The number of ether oxygens (including phenoxy) is 1. The van der Waals surface area contributed by atoms with Crippen LogP contribution in [0.15, 0.2) is 30.3 Å². The van der Waals surface area contributed by atoms with E-state index in [-0.39, 0.29) is 11.6 Å². The van der Waals surface area contributed by atoms with E-state index in [2.05, 4.69) is 35.7 Å². The van der Waals surface area contributed by atoms with Gasteiger partial charge in [0, 0.05) is 13.0 Å². The molecule has 1 aromatic carbocycles. The fourth-order valence-corrected chi connectivity index (χ4v) is 2.95. The van der Waals surface area contributed by atoms with E-state index in [1.807, 2.05) is 13.0 Å². The Morgan fingerprint density at radius 2 is 2.20 bits per heavy atom. The summed E-state index contributed by atoms with van der Waals surface area (Å²) in [5.41, 5.74) is 1.01. The van der Waals surface area contributed by atoms with Crippen molar-refractivity contribution < 1.29 is 4.74 Å². The summed E-state index contributed by atoms with van der Waals surface area (Å²) < 4.78 is 5.94. The van der Waals surface area contributed by atoms with E-state index < -0.39 is 0 Å². The van der Waals surface area contributed by atoms with E-state index >= 15 is 0 Å². The van der Waals surface area contributed by atoms with Crippen molar-refractivity contribution in [2.75, 3.05) is 13.2 Å². The van der Waals surface area contributed by atoms with Crippen molar-refractivity contribution in [3.05, 3.63) is 35.9 Å². The van der Waals surface area contributed by atoms with Crippen LogP contribution in [0, 0.1) is 11.3 Å². The molecule has 0 spiro atoms. The van der Waals surface area contributed by atoms with E-state index in [9.17, 15) is 5.26 Å². The molecular formula is C17H24N2O. The number of aryl methyl sites for hydroxylation is 1. The lowest BCUT2D eigenvalue weighted by Gasteiger charge is -2.21. The Bertz CT molecular complexity index is 440. The normalized spacial score (nSPS) is 25.5. The lowest BCUT2D eigenvalue weighted by Crippen LogP contribution is -2.41. The second-order valence-corrected chi connectivity index (χ2v) is 5.55. The first kappa shape index (κ1) is 15.0. The molecule has 1 fully saturated rings. The standard InChI is InChI=1S/C17H24N2O/c1-2-19-17(14-18)11-10-16(13-17)20-12-6-9-15-7-4-3-5-8-15/h3-5,7-8,16,19H,2,6,9-13H2,1H3. The van der Waals surface area contributed by atoms with Crippen LogP contribution in [-0.2, 0) is 11.2 Å². The highest BCUT2D eigenvalue weighted by Crippen LogP contribution is 2.31. The van der Waals surface area contributed by atoms with Gasteiger partial charge in [-0.2, -0.15) is 5.26 Å². The number of nitrogens with zero attached hydrogens (tertiary/aromatic N) is 1. The van der Waals surface area contributed by atoms with Crippen molar-refractivity contribution in [2.45, 2.75) is 50.7 Å². The maximum absolute atomic E-state index is 9.32. The quantitative estimate of drug-likeness (QED) is 0.776. The van der Waals surface area contributed by atoms with Crippen LogP contribution < -0.4 is 5.32 Å². The number of nitrogens with one attached hydrogen (secondary N) is 1. The minimum atomic E-state index is -0.348. The smallest absolute Gasteiger partial charge is 0.109 e. The van der Waals surface area contributed by atoms with Crippen LogP contribution in [0.25, 0.3) is 0 Å². The van der Waals surface area contributed by atoms with Crippen molar-refractivity contribution in [1.29, 1.82) is 5.26 Å². The molecule has 0 aromatic heterocycles. The van der Waals surface area contributed by atoms with E-state index in [4.69, 9.17) is 4.74 Å². The highest BCUT2D eigenvalue weighted by molar-refractivity contribution is 5.14. The maximum atomic E-state index is 9.32. The highest BCUT2D eigenvalue weighted by Gasteiger charge is 2.39. The van der Waals surface area contributed by atoms with Gasteiger partial charge in [-0.1, -0.05) is 37.3 Å². The minimum absolute atomic E-state index is 0.240. The summed E-state index contributed by atoms with van der Waals surface area (Å²) in [7, 11) is 0. The molecule has 1 N–H and O–H groups in total. The maximum Gasteiger partial charge on any atom is 0.109 e. The molecule has 0 amide bonds. The summed E-state index contributed by atoms with van der Waals surface area (Å²) in [6.07, 6.45) is 5.06. The Balaban J connectivity index is 1.67. The number of nitriles is 1. The van der Waals surface area contributed by atoms with Crippen LogP contribution in [0.3, 0.4) is 0 Å². The molecule has 0 bridgehead atoms. The van der Waals surface area contributed by atoms with Crippen LogP contribution in [0.2, 0.25) is 0 Å². The molecule has 1 aliphatic rings. The summed E-state index contributed by atoms with van der Waals surface area (Å²) in [6.45, 7) is 3.68. The van der Waals surface area contributed by atoms with Crippen molar-refractivity contribution >= 4 is 0 Å². The zero-order chi connectivity index (χ0) is 14.3. The molecule has 3 nitrogen and oxygen atoms in total. The lowest BCUT2D eigenvalue weighted by atomic mass is 10.00. The van der Waals surface area contributed by atoms with Crippen molar-refractivity contribution in [1.82, 2.24) is 5.32 Å². The molecule has 0 heterocycles. The van der Waals surface area contributed by atoms with Gasteiger partial charge >= 0.3 is 0 Å². The van der Waals surface area contributed by atoms with Crippen molar-refractivity contribution in [3.8, 4) is 6.07 Å². The molecule has 0 aliphatic heterocycles. The topological polar surface area (TPSA) is 45.0 Å². The summed E-state index contributed by atoms with van der Waals surface area (Å²) >= 11 is 0. The van der Waals surface area contributed by atoms with Gasteiger partial charge < -0.3 is 4.74 Å². The third kappa shape index (κ3) is 4.06. The third-order valence-corrected chi connectivity index (χ3v) is 4.00. The molecular weight excluding hydrogens is 248 g/mol. The number of benzene rings is 1. The number of rotatable bonds is 7. The zero-order valence-corrected chi connectivity index (χ0v) is 12.3. The molecule has 1 aromatic rings. The van der Waals surface area contributed by atoms with Gasteiger partial charge in [0.25, 0.3) is 0 Å². The predicted molar refractivity (Wildman–Crippen MR) is 80.4 cm³/mol. The number of hydrogen-bond donors (Lipinski definition) is 1. The summed E-state index contributed by atoms with van der Waals surface area (Å²) in [4.78, 5) is 0. The van der Waals surface area contributed by atoms with Crippen LogP contribution in [0.4, 0.5) is 0 Å². The molecule has 108 valence electrons. The lowest BCUT2D eigenvalue weighted by molar-refractivity contribution is 0.0533.